The molecule has 0 heterocycles. The number of nitrogens with one attached hydrogen (secondary N) is 1. The highest BCUT2D eigenvalue weighted by molar-refractivity contribution is 5.02. The minimum atomic E-state index is 0.297. The Bertz CT molecular complexity index is 210. The minimum absolute atomic E-state index is 0.297. The Balaban J connectivity index is 2.71. The van der Waals surface area contributed by atoms with E-state index in [2.05, 4.69) is 45.1 Å². The van der Waals surface area contributed by atoms with E-state index in [0.717, 1.165) is 13.2 Å². The molecule has 0 aromatic rings. The Morgan fingerprint density at radius 3 is 2.24 bits per heavy atom. The van der Waals surface area contributed by atoms with Gasteiger partial charge >= 0.3 is 0 Å². The molecule has 3 heteroatoms. The molecule has 102 valence electrons. The molecule has 1 unspecified atom stereocenters. The molecule has 1 aliphatic rings. The number of likely N-dealkylation sites (N-methyl/N-ethyl adjacent to an activating group) is 2. The molecule has 1 N–H and O–H groups in total. The third-order valence-electron chi connectivity index (χ3n) is 4.06. The fourth-order valence-corrected chi connectivity index (χ4v) is 3.03. The Kier molecular flexibility index (Phi) is 5.90. The lowest BCUT2D eigenvalue weighted by molar-refractivity contribution is 0.00865. The normalized spacial score (nSPS) is 21.4. The highest BCUT2D eigenvalue weighted by atomic mass is 16.5. The van der Waals surface area contributed by atoms with Gasteiger partial charge in [0.15, 0.2) is 0 Å². The summed E-state index contributed by atoms with van der Waals surface area (Å²) < 4.78 is 5.85. The van der Waals surface area contributed by atoms with Crippen LogP contribution in [0.25, 0.3) is 0 Å². The highest BCUT2D eigenvalue weighted by Gasteiger charge is 2.42. The van der Waals surface area contributed by atoms with Gasteiger partial charge in [0.1, 0.15) is 0 Å². The van der Waals surface area contributed by atoms with Gasteiger partial charge in [0.2, 0.25) is 0 Å². The lowest BCUT2D eigenvalue weighted by Gasteiger charge is -2.43. The van der Waals surface area contributed by atoms with Crippen molar-refractivity contribution in [1.82, 2.24) is 10.2 Å². The molecular formula is C14H30N2O. The van der Waals surface area contributed by atoms with Crippen LogP contribution in [0.3, 0.4) is 0 Å². The van der Waals surface area contributed by atoms with Crippen LogP contribution in [-0.2, 0) is 4.74 Å². The summed E-state index contributed by atoms with van der Waals surface area (Å²) in [6, 6.07) is 0.451. The molecule has 1 saturated carbocycles. The quantitative estimate of drug-likeness (QED) is 0.741. The zero-order valence-electron chi connectivity index (χ0n) is 12.3. The predicted molar refractivity (Wildman–Crippen MR) is 73.4 cm³/mol. The molecule has 3 nitrogen and oxygen atoms in total. The van der Waals surface area contributed by atoms with E-state index < -0.39 is 0 Å². The first-order valence-corrected chi connectivity index (χ1v) is 7.05. The molecule has 1 aliphatic carbocycles. The van der Waals surface area contributed by atoms with Crippen LogP contribution in [0.1, 0.15) is 46.5 Å². The Morgan fingerprint density at radius 2 is 1.82 bits per heavy atom. The summed E-state index contributed by atoms with van der Waals surface area (Å²) in [5.41, 5.74) is 0.297. The van der Waals surface area contributed by atoms with E-state index in [9.17, 15) is 0 Å². The molecule has 0 amide bonds. The first-order valence-electron chi connectivity index (χ1n) is 7.05. The van der Waals surface area contributed by atoms with Gasteiger partial charge in [0.05, 0.1) is 12.7 Å². The Hall–Kier alpha value is -0.120. The highest BCUT2D eigenvalue weighted by Crippen LogP contribution is 2.36. The van der Waals surface area contributed by atoms with Gasteiger partial charge in [0.25, 0.3) is 0 Å². The summed E-state index contributed by atoms with van der Waals surface area (Å²) in [7, 11) is 4.43. The summed E-state index contributed by atoms with van der Waals surface area (Å²) in [6.07, 6.45) is 5.60. The second-order valence-corrected chi connectivity index (χ2v) is 5.70. The summed E-state index contributed by atoms with van der Waals surface area (Å²) in [4.78, 5) is 2.41. The van der Waals surface area contributed by atoms with E-state index in [-0.39, 0.29) is 0 Å². The van der Waals surface area contributed by atoms with Crippen molar-refractivity contribution in [2.75, 3.05) is 27.2 Å². The molecule has 0 radical (unpaired) electrons. The average molecular weight is 242 g/mol. The maximum atomic E-state index is 5.85. The topological polar surface area (TPSA) is 24.5 Å². The van der Waals surface area contributed by atoms with Gasteiger partial charge in [-0.2, -0.15) is 0 Å². The molecule has 1 rings (SSSR count). The number of hydrogen-bond acceptors (Lipinski definition) is 3. The number of rotatable bonds is 7. The van der Waals surface area contributed by atoms with Gasteiger partial charge in [0, 0.05) is 11.6 Å². The molecule has 0 aromatic heterocycles. The van der Waals surface area contributed by atoms with Gasteiger partial charge in [-0.3, -0.25) is 0 Å². The minimum Gasteiger partial charge on any atom is -0.377 e. The van der Waals surface area contributed by atoms with Crippen molar-refractivity contribution >= 4 is 0 Å². The van der Waals surface area contributed by atoms with Crippen LogP contribution in [0.5, 0.6) is 0 Å². The van der Waals surface area contributed by atoms with Gasteiger partial charge in [-0.15, -0.1) is 0 Å². The van der Waals surface area contributed by atoms with Crippen LogP contribution in [0, 0.1) is 0 Å². The van der Waals surface area contributed by atoms with Gasteiger partial charge in [-0.05, 0) is 47.3 Å². The summed E-state index contributed by atoms with van der Waals surface area (Å²) in [6.45, 7) is 8.24. The second-order valence-electron chi connectivity index (χ2n) is 5.70. The van der Waals surface area contributed by atoms with Crippen LogP contribution in [0.4, 0.5) is 0 Å². The lowest BCUT2D eigenvalue weighted by atomic mass is 9.87. The number of nitrogens with zero attached hydrogens (tertiary/aromatic N) is 1. The maximum absolute atomic E-state index is 5.85. The molecule has 0 spiro atoms. The van der Waals surface area contributed by atoms with E-state index in [0.29, 0.717) is 17.7 Å². The molecule has 1 fully saturated rings. The van der Waals surface area contributed by atoms with Crippen molar-refractivity contribution in [1.29, 1.82) is 0 Å². The van der Waals surface area contributed by atoms with Gasteiger partial charge in [-0.25, -0.2) is 0 Å². The Morgan fingerprint density at radius 1 is 1.24 bits per heavy atom. The van der Waals surface area contributed by atoms with Crippen LogP contribution in [-0.4, -0.2) is 49.8 Å². The van der Waals surface area contributed by atoms with Crippen LogP contribution >= 0.6 is 0 Å². The van der Waals surface area contributed by atoms with Crippen molar-refractivity contribution in [3.63, 3.8) is 0 Å². The van der Waals surface area contributed by atoms with Gasteiger partial charge < -0.3 is 15.0 Å². The third kappa shape index (κ3) is 3.67. The molecule has 1 atom stereocenters. The molecule has 0 saturated heterocycles. The molecule has 17 heavy (non-hydrogen) atoms. The van der Waals surface area contributed by atoms with Crippen LogP contribution in [0.15, 0.2) is 0 Å². The largest absolute Gasteiger partial charge is 0.377 e. The maximum Gasteiger partial charge on any atom is 0.0641 e. The number of ether oxygens (including phenoxy) is 1. The molecule has 0 aromatic carbocycles. The SMILES string of the molecule is CCNC(COC(C)C)C1(N(C)C)CCCC1. The monoisotopic (exact) mass is 242 g/mol. The van der Waals surface area contributed by atoms with E-state index >= 15 is 0 Å². The predicted octanol–water partition coefficient (Wildman–Crippen LogP) is 2.26. The van der Waals surface area contributed by atoms with Crippen molar-refractivity contribution in [2.24, 2.45) is 0 Å². The van der Waals surface area contributed by atoms with E-state index in [1.54, 1.807) is 0 Å². The molecule has 0 bridgehead atoms. The lowest BCUT2D eigenvalue weighted by Crippen LogP contribution is -2.59. The summed E-state index contributed by atoms with van der Waals surface area (Å²) in [5.74, 6) is 0. The van der Waals surface area contributed by atoms with Gasteiger partial charge in [-0.1, -0.05) is 19.8 Å². The first kappa shape index (κ1) is 14.9. The van der Waals surface area contributed by atoms with Crippen molar-refractivity contribution in [3.05, 3.63) is 0 Å². The molecule has 0 aliphatic heterocycles. The van der Waals surface area contributed by atoms with Crippen LogP contribution < -0.4 is 5.32 Å². The average Bonchev–Trinajstić information content (AvgIpc) is 2.74. The fraction of sp³-hybridized carbons (Fsp3) is 1.00. The van der Waals surface area contributed by atoms with E-state index in [1.165, 1.54) is 25.7 Å². The standard InChI is InChI=1S/C14H30N2O/c1-6-15-13(11-17-12(2)3)14(16(4)5)9-7-8-10-14/h12-13,15H,6-11H2,1-5H3. The van der Waals surface area contributed by atoms with Crippen molar-refractivity contribution in [3.8, 4) is 0 Å². The zero-order chi connectivity index (χ0) is 12.9. The zero-order valence-corrected chi connectivity index (χ0v) is 12.3. The fourth-order valence-electron chi connectivity index (χ4n) is 3.03. The Labute approximate surface area is 107 Å². The third-order valence-corrected chi connectivity index (χ3v) is 4.06. The smallest absolute Gasteiger partial charge is 0.0641 e. The van der Waals surface area contributed by atoms with Crippen molar-refractivity contribution < 1.29 is 4.74 Å². The summed E-state index contributed by atoms with van der Waals surface area (Å²) >= 11 is 0. The first-order chi connectivity index (χ1) is 8.03. The van der Waals surface area contributed by atoms with Crippen molar-refractivity contribution in [2.45, 2.75) is 64.1 Å². The number of hydrogen-bond donors (Lipinski definition) is 1. The van der Waals surface area contributed by atoms with Crippen LogP contribution in [0.2, 0.25) is 0 Å². The molecular weight excluding hydrogens is 212 g/mol. The van der Waals surface area contributed by atoms with E-state index in [4.69, 9.17) is 4.74 Å². The summed E-state index contributed by atoms with van der Waals surface area (Å²) in [5, 5.41) is 3.64. The van der Waals surface area contributed by atoms with E-state index in [1.807, 2.05) is 0 Å². The second kappa shape index (κ2) is 6.72.